The molecule has 3 aromatic rings. The number of anilines is 1. The zero-order valence-electron chi connectivity index (χ0n) is 18.9. The van der Waals surface area contributed by atoms with Gasteiger partial charge in [-0.1, -0.05) is 23.5 Å². The van der Waals surface area contributed by atoms with Crippen molar-refractivity contribution in [1.82, 2.24) is 10.2 Å². The summed E-state index contributed by atoms with van der Waals surface area (Å²) in [5.41, 5.74) is 2.02. The number of aliphatic hydroxyl groups excluding tert-OH is 1. The number of nitrogens with zero attached hydrogens (tertiary/aromatic N) is 3. The molecular formula is C25H23N3O5S. The first-order valence-electron chi connectivity index (χ1n) is 11.0. The molecule has 0 radical (unpaired) electrons. The van der Waals surface area contributed by atoms with Crippen molar-refractivity contribution in [2.75, 3.05) is 11.5 Å². The van der Waals surface area contributed by atoms with Crippen molar-refractivity contribution in [3.05, 3.63) is 69.7 Å². The second kappa shape index (κ2) is 8.57. The Balaban J connectivity index is 1.68. The van der Waals surface area contributed by atoms with Crippen LogP contribution in [-0.2, 0) is 16.0 Å². The summed E-state index contributed by atoms with van der Waals surface area (Å²) in [5.74, 6) is -0.418. The Morgan fingerprint density at radius 2 is 2.06 bits per heavy atom. The number of ether oxygens (including phenoxy) is 2. The second-order valence-corrected chi connectivity index (χ2v) is 9.39. The highest BCUT2D eigenvalue weighted by atomic mass is 32.1. The molecule has 174 valence electrons. The van der Waals surface area contributed by atoms with E-state index in [9.17, 15) is 14.7 Å². The normalized spacial score (nSPS) is 21.0. The number of carbonyl (C=O) groups excluding carboxylic acids is 2. The summed E-state index contributed by atoms with van der Waals surface area (Å²) in [6, 6.07) is 11.6. The van der Waals surface area contributed by atoms with E-state index < -0.39 is 17.7 Å². The molecule has 34 heavy (non-hydrogen) atoms. The molecule has 1 fully saturated rings. The molecule has 1 saturated heterocycles. The third-order valence-electron chi connectivity index (χ3n) is 5.82. The summed E-state index contributed by atoms with van der Waals surface area (Å²) in [6.45, 7) is 6.09. The van der Waals surface area contributed by atoms with E-state index in [0.717, 1.165) is 11.3 Å². The van der Waals surface area contributed by atoms with Gasteiger partial charge in [-0.15, -0.1) is 10.2 Å². The lowest BCUT2D eigenvalue weighted by atomic mass is 9.94. The quantitative estimate of drug-likeness (QED) is 0.334. The van der Waals surface area contributed by atoms with Crippen LogP contribution in [0.2, 0.25) is 0 Å². The Bertz CT molecular complexity index is 1330. The van der Waals surface area contributed by atoms with Crippen molar-refractivity contribution in [3.63, 3.8) is 0 Å². The third kappa shape index (κ3) is 3.71. The number of aromatic nitrogens is 2. The number of ketones is 1. The number of aryl methyl sites for hydroxylation is 1. The molecule has 9 heteroatoms. The molecule has 2 aromatic carbocycles. The van der Waals surface area contributed by atoms with E-state index in [2.05, 4.69) is 10.2 Å². The molecule has 0 bridgehead atoms. The molecule has 1 amide bonds. The Morgan fingerprint density at radius 3 is 2.79 bits per heavy atom. The van der Waals surface area contributed by atoms with Crippen LogP contribution < -0.4 is 14.4 Å². The molecule has 0 unspecified atom stereocenters. The molecule has 0 spiro atoms. The number of hydrogen-bond acceptors (Lipinski definition) is 8. The number of rotatable bonds is 5. The van der Waals surface area contributed by atoms with Crippen molar-refractivity contribution < 1.29 is 24.2 Å². The lowest BCUT2D eigenvalue weighted by Crippen LogP contribution is -2.29. The Hall–Kier alpha value is -3.72. The minimum absolute atomic E-state index is 0.00147. The zero-order valence-corrected chi connectivity index (χ0v) is 19.8. The summed E-state index contributed by atoms with van der Waals surface area (Å²) < 4.78 is 11.4. The van der Waals surface area contributed by atoms with E-state index in [1.165, 1.54) is 16.2 Å². The van der Waals surface area contributed by atoms with Gasteiger partial charge < -0.3 is 14.6 Å². The van der Waals surface area contributed by atoms with Crippen molar-refractivity contribution >= 4 is 33.9 Å². The summed E-state index contributed by atoms with van der Waals surface area (Å²) in [6.07, 6.45) is 0.745. The number of aliphatic hydroxyl groups is 1. The van der Waals surface area contributed by atoms with Crippen LogP contribution in [0.4, 0.5) is 5.13 Å². The van der Waals surface area contributed by atoms with Crippen LogP contribution in [0.25, 0.3) is 5.76 Å². The van der Waals surface area contributed by atoms with Crippen LogP contribution in [-0.4, -0.2) is 39.7 Å². The fourth-order valence-corrected chi connectivity index (χ4v) is 5.11. The standard InChI is InChI=1S/C25H23N3O5S/c1-4-32-18-7-5-6-15(12-18)21-20(23(30)24(31)28(21)25-27-26-14(3)34-25)22(29)16-8-9-19-17(11-16)10-13(2)33-19/h5-9,11-13,21,29H,4,10H2,1-3H3/b22-20+/t13-,21+/m1/s1. The van der Waals surface area contributed by atoms with E-state index in [0.29, 0.717) is 40.0 Å². The monoisotopic (exact) mass is 477 g/mol. The van der Waals surface area contributed by atoms with E-state index in [1.807, 2.05) is 19.9 Å². The minimum Gasteiger partial charge on any atom is -0.507 e. The molecule has 0 saturated carbocycles. The van der Waals surface area contributed by atoms with Gasteiger partial charge in [-0.05, 0) is 62.2 Å². The van der Waals surface area contributed by atoms with Crippen LogP contribution in [0.5, 0.6) is 11.5 Å². The maximum atomic E-state index is 13.3. The van der Waals surface area contributed by atoms with Gasteiger partial charge in [0.25, 0.3) is 5.78 Å². The fraction of sp³-hybridized carbons (Fsp3) is 0.280. The van der Waals surface area contributed by atoms with Gasteiger partial charge >= 0.3 is 5.91 Å². The van der Waals surface area contributed by atoms with Crippen molar-refractivity contribution in [1.29, 1.82) is 0 Å². The highest BCUT2D eigenvalue weighted by Crippen LogP contribution is 2.44. The van der Waals surface area contributed by atoms with E-state index in [-0.39, 0.29) is 17.4 Å². The van der Waals surface area contributed by atoms with E-state index in [1.54, 1.807) is 43.3 Å². The largest absolute Gasteiger partial charge is 0.507 e. The minimum atomic E-state index is -0.879. The van der Waals surface area contributed by atoms with E-state index >= 15 is 0 Å². The van der Waals surface area contributed by atoms with Crippen molar-refractivity contribution in [3.8, 4) is 11.5 Å². The molecule has 5 rings (SSSR count). The van der Waals surface area contributed by atoms with E-state index in [4.69, 9.17) is 9.47 Å². The van der Waals surface area contributed by atoms with Gasteiger partial charge in [0, 0.05) is 12.0 Å². The Kier molecular flexibility index (Phi) is 5.57. The summed E-state index contributed by atoms with van der Waals surface area (Å²) in [7, 11) is 0. The zero-order chi connectivity index (χ0) is 24.0. The van der Waals surface area contributed by atoms with Crippen molar-refractivity contribution in [2.45, 2.75) is 39.3 Å². The van der Waals surface area contributed by atoms with Crippen LogP contribution in [0.3, 0.4) is 0 Å². The van der Waals surface area contributed by atoms with Crippen molar-refractivity contribution in [2.24, 2.45) is 0 Å². The Labute approximate surface area is 200 Å². The van der Waals surface area contributed by atoms with Crippen LogP contribution in [0, 0.1) is 6.92 Å². The SMILES string of the molecule is CCOc1cccc([C@H]2/C(=C(\O)c3ccc4c(c3)C[C@@H](C)O4)C(=O)C(=O)N2c2nnc(C)s2)c1. The molecular weight excluding hydrogens is 454 g/mol. The summed E-state index contributed by atoms with van der Waals surface area (Å²) in [4.78, 5) is 27.8. The topological polar surface area (TPSA) is 102 Å². The molecule has 2 aliphatic rings. The number of hydrogen-bond donors (Lipinski definition) is 1. The number of amides is 1. The van der Waals surface area contributed by atoms with Gasteiger partial charge in [-0.25, -0.2) is 0 Å². The third-order valence-corrected chi connectivity index (χ3v) is 6.66. The number of benzene rings is 2. The molecule has 1 N–H and O–H groups in total. The maximum Gasteiger partial charge on any atom is 0.301 e. The second-order valence-electron chi connectivity index (χ2n) is 8.23. The summed E-state index contributed by atoms with van der Waals surface area (Å²) >= 11 is 1.21. The Morgan fingerprint density at radius 1 is 1.24 bits per heavy atom. The molecule has 3 heterocycles. The van der Waals surface area contributed by atoms with Gasteiger partial charge in [-0.2, -0.15) is 0 Å². The highest BCUT2D eigenvalue weighted by molar-refractivity contribution is 7.15. The predicted octanol–water partition coefficient (Wildman–Crippen LogP) is 4.19. The lowest BCUT2D eigenvalue weighted by Gasteiger charge is -2.23. The number of carbonyl (C=O) groups is 2. The highest BCUT2D eigenvalue weighted by Gasteiger charge is 2.48. The lowest BCUT2D eigenvalue weighted by molar-refractivity contribution is -0.132. The van der Waals surface area contributed by atoms with Gasteiger partial charge in [0.1, 0.15) is 28.4 Å². The van der Waals surface area contributed by atoms with Gasteiger partial charge in [0.05, 0.1) is 18.2 Å². The van der Waals surface area contributed by atoms with Crippen LogP contribution >= 0.6 is 11.3 Å². The first kappa shape index (κ1) is 22.1. The molecule has 0 aliphatic carbocycles. The van der Waals surface area contributed by atoms with Gasteiger partial charge in [-0.3, -0.25) is 14.5 Å². The number of fused-ring (bicyclic) bond motifs is 1. The molecule has 2 atom stereocenters. The van der Waals surface area contributed by atoms with Crippen LogP contribution in [0.15, 0.2) is 48.0 Å². The molecule has 8 nitrogen and oxygen atoms in total. The molecule has 1 aromatic heterocycles. The van der Waals surface area contributed by atoms with Gasteiger partial charge in [0.2, 0.25) is 5.13 Å². The smallest absolute Gasteiger partial charge is 0.301 e. The maximum absolute atomic E-state index is 13.3. The number of Topliss-reactive ketones (excluding diaryl/α,β-unsaturated/α-hetero) is 1. The predicted molar refractivity (Wildman–Crippen MR) is 127 cm³/mol. The average molecular weight is 478 g/mol. The molecule has 2 aliphatic heterocycles. The summed E-state index contributed by atoms with van der Waals surface area (Å²) in [5, 5.41) is 20.4. The van der Waals surface area contributed by atoms with Crippen LogP contribution in [0.1, 0.15) is 41.6 Å². The first-order chi connectivity index (χ1) is 16.4. The average Bonchev–Trinajstić information content (AvgIpc) is 3.48. The van der Waals surface area contributed by atoms with Gasteiger partial charge in [0.15, 0.2) is 0 Å². The fourth-order valence-electron chi connectivity index (χ4n) is 4.39. The first-order valence-corrected chi connectivity index (χ1v) is 11.8.